The predicted octanol–water partition coefficient (Wildman–Crippen LogP) is 4.29. The molecule has 0 aliphatic carbocycles. The van der Waals surface area contributed by atoms with Gasteiger partial charge in [0, 0.05) is 42.1 Å². The lowest BCUT2D eigenvalue weighted by molar-refractivity contribution is -0.302. The Balaban J connectivity index is 1.39. The fourth-order valence-electron chi connectivity index (χ4n) is 9.67. The molecule has 16 nitrogen and oxygen atoms in total. The molecule has 1 N–H and O–H groups in total. The number of Topliss-reactive ketones (excluding diaryl/α,β-unsaturated/α-hetero) is 1. The second-order valence-electron chi connectivity index (χ2n) is 17.6. The number of nitrogens with zero attached hydrogens (tertiary/aromatic N) is 5. The molecule has 16 heteroatoms. The van der Waals surface area contributed by atoms with Crippen molar-refractivity contribution in [2.75, 3.05) is 27.3 Å². The highest BCUT2D eigenvalue weighted by Gasteiger charge is 2.57. The number of esters is 2. The molecule has 4 aliphatic heterocycles. The molecule has 2 aromatic heterocycles. The SMILES string of the molecule is CC[C@H]1OC(=O)[C@H](C)[C@H]2OC/C(=N/OCc3cccc(-n4cccn4)n3)CO[C@](C)(C[C@@H](C)C(=O)[C@H](C)[C@@H]3CC(=O)O[C@]13C)[C@H](O[C@@H]1O[C@H](C)C[C@H](N(C)C)[C@H]1O)[C@@H]2C. The van der Waals surface area contributed by atoms with Gasteiger partial charge in [0.25, 0.3) is 0 Å². The number of oxime groups is 1. The van der Waals surface area contributed by atoms with Crippen molar-refractivity contribution in [2.45, 2.75) is 142 Å². The lowest BCUT2D eigenvalue weighted by atomic mass is 9.70. The quantitative estimate of drug-likeness (QED) is 0.294. The van der Waals surface area contributed by atoms with E-state index in [0.29, 0.717) is 30.1 Å². The molecule has 4 aliphatic rings. The zero-order valence-electron chi connectivity index (χ0n) is 36.1. The topological polar surface area (TPSA) is 182 Å². The molecule has 14 atom stereocenters. The molecule has 6 heterocycles. The largest absolute Gasteiger partial charge is 0.458 e. The van der Waals surface area contributed by atoms with Gasteiger partial charge < -0.3 is 43.3 Å². The molecule has 0 unspecified atom stereocenters. The third-order valence-electron chi connectivity index (χ3n) is 12.9. The van der Waals surface area contributed by atoms with Gasteiger partial charge in [-0.15, -0.1) is 0 Å². The van der Waals surface area contributed by atoms with Gasteiger partial charge in [0.15, 0.2) is 18.7 Å². The molecule has 6 rings (SSSR count). The highest BCUT2D eigenvalue weighted by Crippen LogP contribution is 2.46. The third kappa shape index (κ3) is 9.57. The van der Waals surface area contributed by atoms with Crippen LogP contribution in [0.4, 0.5) is 0 Å². The number of hydrogen-bond donors (Lipinski definition) is 1. The number of hydrogen-bond acceptors (Lipinski definition) is 15. The number of cyclic esters (lactones) is 1. The van der Waals surface area contributed by atoms with Gasteiger partial charge in [0.1, 0.15) is 29.3 Å². The van der Waals surface area contributed by atoms with Gasteiger partial charge in [-0.1, -0.05) is 38.9 Å². The lowest BCUT2D eigenvalue weighted by Gasteiger charge is -2.48. The normalized spacial score (nSPS) is 39.5. The Hall–Kier alpha value is -3.80. The molecule has 4 saturated heterocycles. The first kappa shape index (κ1) is 44.7. The van der Waals surface area contributed by atoms with Crippen molar-refractivity contribution >= 4 is 23.4 Å². The summed E-state index contributed by atoms with van der Waals surface area (Å²) >= 11 is 0. The van der Waals surface area contributed by atoms with Gasteiger partial charge in [-0.2, -0.15) is 5.10 Å². The summed E-state index contributed by atoms with van der Waals surface area (Å²) in [4.78, 5) is 54.3. The number of aromatic nitrogens is 3. The highest BCUT2D eigenvalue weighted by molar-refractivity contribution is 5.87. The highest BCUT2D eigenvalue weighted by atomic mass is 16.7. The number of fused-ring (bicyclic) bond motifs is 4. The summed E-state index contributed by atoms with van der Waals surface area (Å²) in [6.07, 6.45) is -0.277. The van der Waals surface area contributed by atoms with E-state index >= 15 is 0 Å². The van der Waals surface area contributed by atoms with E-state index in [1.807, 2.05) is 84.8 Å². The molecule has 0 aromatic carbocycles. The first-order valence-electron chi connectivity index (χ1n) is 21.0. The van der Waals surface area contributed by atoms with Gasteiger partial charge in [0.05, 0.1) is 55.2 Å². The summed E-state index contributed by atoms with van der Waals surface area (Å²) in [5.74, 6) is -3.69. The van der Waals surface area contributed by atoms with E-state index < -0.39 is 83.4 Å². The Morgan fingerprint density at radius 2 is 1.81 bits per heavy atom. The smallest absolute Gasteiger partial charge is 0.311 e. The van der Waals surface area contributed by atoms with Crippen molar-refractivity contribution in [2.24, 2.45) is 34.7 Å². The Labute approximate surface area is 347 Å². The lowest BCUT2D eigenvalue weighted by Crippen LogP contribution is -2.60. The summed E-state index contributed by atoms with van der Waals surface area (Å²) < 4.78 is 40.6. The summed E-state index contributed by atoms with van der Waals surface area (Å²) in [5, 5.41) is 20.4. The van der Waals surface area contributed by atoms with Gasteiger partial charge >= 0.3 is 11.9 Å². The second-order valence-corrected chi connectivity index (χ2v) is 17.6. The van der Waals surface area contributed by atoms with E-state index in [1.165, 1.54) is 0 Å². The number of carbonyl (C=O) groups is 3. The van der Waals surface area contributed by atoms with E-state index in [9.17, 15) is 19.5 Å². The molecular formula is C43H63N5O11. The molecule has 0 spiro atoms. The molecule has 0 saturated carbocycles. The van der Waals surface area contributed by atoms with Crippen LogP contribution in [0.1, 0.15) is 86.8 Å². The summed E-state index contributed by atoms with van der Waals surface area (Å²) in [6.45, 7) is 14.7. The van der Waals surface area contributed by atoms with E-state index in [2.05, 4.69) is 15.2 Å². The van der Waals surface area contributed by atoms with Crippen LogP contribution in [0, 0.1) is 29.6 Å². The molecule has 326 valence electrons. The summed E-state index contributed by atoms with van der Waals surface area (Å²) in [6, 6.07) is 7.07. The van der Waals surface area contributed by atoms with Crippen molar-refractivity contribution in [3.05, 3.63) is 42.4 Å². The number of likely N-dealkylation sites (N-methyl/N-ethyl adjacent to an activating group) is 1. The minimum atomic E-state index is -1.25. The number of aliphatic hydroxyl groups excluding tert-OH is 1. The number of ketones is 1. The van der Waals surface area contributed by atoms with Gasteiger partial charge in [-0.05, 0) is 79.3 Å². The number of carbonyl (C=O) groups excluding carboxylic acids is 3. The Morgan fingerprint density at radius 1 is 1.05 bits per heavy atom. The summed E-state index contributed by atoms with van der Waals surface area (Å²) in [5.41, 5.74) is -1.46. The van der Waals surface area contributed by atoms with E-state index in [1.54, 1.807) is 30.9 Å². The monoisotopic (exact) mass is 825 g/mol. The zero-order valence-corrected chi connectivity index (χ0v) is 36.1. The molecule has 59 heavy (non-hydrogen) atoms. The van der Waals surface area contributed by atoms with E-state index in [0.717, 1.165) is 0 Å². The van der Waals surface area contributed by atoms with Crippen molar-refractivity contribution in [1.82, 2.24) is 19.7 Å². The molecule has 2 aromatic rings. The minimum absolute atomic E-state index is 0.0209. The van der Waals surface area contributed by atoms with Crippen molar-refractivity contribution in [1.29, 1.82) is 0 Å². The minimum Gasteiger partial charge on any atom is -0.458 e. The van der Waals surface area contributed by atoms with Crippen LogP contribution < -0.4 is 0 Å². The van der Waals surface area contributed by atoms with Crippen LogP contribution in [0.2, 0.25) is 0 Å². The maximum atomic E-state index is 14.6. The number of pyridine rings is 1. The standard InChI is InChI=1S/C43H63N5O11/c1-11-33-43(8)31(19-35(49)59-43)26(4)36(50)24(2)20-42(7)39(58-41-37(51)32(47(9)10)18-25(3)56-41)27(5)38(28(6)40(52)57-33)53-21-30(22-54-42)46-55-23-29-14-12-15-34(45-29)48-17-13-16-44-48/h12-17,24-28,31-33,37-39,41,51H,11,18-23H2,1-10H3/b46-30-/t24-,25-,26-,27-,28-,31+,32+,33-,37-,38+,39-,41+,42-,43+/m1/s1. The van der Waals surface area contributed by atoms with Crippen LogP contribution in [0.5, 0.6) is 0 Å². The number of aliphatic hydroxyl groups is 1. The summed E-state index contributed by atoms with van der Waals surface area (Å²) in [7, 11) is 3.81. The molecular weight excluding hydrogens is 762 g/mol. The van der Waals surface area contributed by atoms with Gasteiger partial charge in [0.2, 0.25) is 0 Å². The average molecular weight is 826 g/mol. The van der Waals surface area contributed by atoms with Crippen LogP contribution >= 0.6 is 0 Å². The average Bonchev–Trinajstić information content (AvgIpc) is 3.86. The first-order chi connectivity index (χ1) is 27.9. The number of rotatable bonds is 8. The van der Waals surface area contributed by atoms with Crippen LogP contribution in [0.3, 0.4) is 0 Å². The number of ether oxygens (including phenoxy) is 6. The van der Waals surface area contributed by atoms with Crippen LogP contribution in [-0.2, 0) is 54.2 Å². The zero-order chi connectivity index (χ0) is 42.8. The van der Waals surface area contributed by atoms with Gasteiger partial charge in [-0.3, -0.25) is 14.4 Å². The van der Waals surface area contributed by atoms with Crippen LogP contribution in [0.25, 0.3) is 5.82 Å². The van der Waals surface area contributed by atoms with Crippen LogP contribution in [-0.4, -0.2) is 130 Å². The van der Waals surface area contributed by atoms with Crippen LogP contribution in [0.15, 0.2) is 41.8 Å². The molecule has 4 fully saturated rings. The van der Waals surface area contributed by atoms with Crippen molar-refractivity contribution < 1.29 is 52.7 Å². The van der Waals surface area contributed by atoms with Crippen molar-refractivity contribution in [3.8, 4) is 5.82 Å². The fourth-order valence-corrected chi connectivity index (χ4v) is 9.67. The molecule has 2 bridgehead atoms. The van der Waals surface area contributed by atoms with Crippen molar-refractivity contribution in [3.63, 3.8) is 0 Å². The maximum absolute atomic E-state index is 14.6. The molecule has 0 amide bonds. The van der Waals surface area contributed by atoms with Gasteiger partial charge in [-0.25, -0.2) is 9.67 Å². The maximum Gasteiger partial charge on any atom is 0.311 e. The Morgan fingerprint density at radius 3 is 2.51 bits per heavy atom. The first-order valence-corrected chi connectivity index (χ1v) is 21.0. The third-order valence-corrected chi connectivity index (χ3v) is 12.9. The predicted molar refractivity (Wildman–Crippen MR) is 214 cm³/mol. The Bertz CT molecular complexity index is 1810. The molecule has 0 radical (unpaired) electrons. The fraction of sp³-hybridized carbons (Fsp3) is 0.721. The second kappa shape index (κ2) is 18.4. The Kier molecular flexibility index (Phi) is 14.0. The van der Waals surface area contributed by atoms with E-state index in [-0.39, 0.29) is 50.6 Å². The van der Waals surface area contributed by atoms with E-state index in [4.69, 9.17) is 33.3 Å².